The van der Waals surface area contributed by atoms with Gasteiger partial charge in [0.05, 0.1) is 44.8 Å². The molecule has 2 aliphatic carbocycles. The first-order valence-electron chi connectivity index (χ1n) is 33.0. The monoisotopic (exact) mass is 1150 g/mol. The molecule has 2 aliphatic rings. The molecule has 2 heterocycles. The summed E-state index contributed by atoms with van der Waals surface area (Å²) >= 11 is 0. The zero-order chi connectivity index (χ0) is 70.2. The third kappa shape index (κ3) is 23.8. The quantitative estimate of drug-likeness (QED) is 0.114. The average molecular weight is 1140 g/mol. The normalized spacial score (nSPS) is 9.30. The molecule has 10 rings (SSSR count). The van der Waals surface area contributed by atoms with Crippen LogP contribution in [0.1, 0.15) is 103 Å². The van der Waals surface area contributed by atoms with Crippen LogP contribution in [0, 0.1) is 0 Å². The molecule has 0 saturated heterocycles. The molecule has 0 atom stereocenters. The van der Waals surface area contributed by atoms with Crippen LogP contribution in [0.2, 0.25) is 13.6 Å². The fraction of sp³-hybridized carbons (Fsp3) is 0.321. The first kappa shape index (κ1) is 88.8. The highest BCUT2D eigenvalue weighted by Crippen LogP contribution is 2.46. The SMILES string of the molecule is CC.CC.CC.CC.CC.CC.CCC.[B]B([B])B(C)B(B([B])[B])B([B])[B].[B][B][B]B([B][B])B(B(C)B([B][B])B([B][B])[B][B])B([B][B])B([B][B])[B][B].c1cc2c3c(cccc3c1)-c1nc3ccccc3nc1-2.c1cc2c3c(cccc3c1)-c1nc3ccccc3nc1-2. The summed E-state index contributed by atoms with van der Waals surface area (Å²) in [4.78, 5) is 19.3. The number of rotatable bonds is 19. The Balaban J connectivity index is 0.00000114. The highest BCUT2D eigenvalue weighted by atomic mass is 14.8. The van der Waals surface area contributed by atoms with Gasteiger partial charge in [-0.2, -0.15) is 0 Å². The molecule has 0 aliphatic heterocycles. The molecule has 0 unspecified atom stereocenters. The smallest absolute Gasteiger partial charge is 0.0979 e. The number of fused-ring (bicyclic) bond motifs is 8. The summed E-state index contributed by atoms with van der Waals surface area (Å²) in [5.74, 6) is 0. The second-order valence-corrected chi connectivity index (χ2v) is 20.2. The molecular formula is C53H70B35N4. The van der Waals surface area contributed by atoms with E-state index in [1.54, 1.807) is 21.2 Å². The van der Waals surface area contributed by atoms with E-state index < -0.39 is 19.2 Å². The third-order valence-electron chi connectivity index (χ3n) is 15.0. The molecule has 92 heavy (non-hydrogen) atoms. The molecule has 4 nitrogen and oxygen atoms in total. The van der Waals surface area contributed by atoms with Crippen molar-refractivity contribution < 1.29 is 0 Å². The molecule has 0 spiro atoms. The van der Waals surface area contributed by atoms with Gasteiger partial charge in [0.1, 0.15) is 0 Å². The van der Waals surface area contributed by atoms with Crippen LogP contribution in [0.3, 0.4) is 0 Å². The van der Waals surface area contributed by atoms with E-state index in [4.69, 9.17) is 128 Å². The number of hydrogen-bond donors (Lipinski definition) is 0. The third-order valence-corrected chi connectivity index (χ3v) is 15.0. The van der Waals surface area contributed by atoms with E-state index >= 15 is 0 Å². The van der Waals surface area contributed by atoms with Crippen LogP contribution in [-0.4, -0.2) is 269 Å². The Hall–Kier alpha value is -3.21. The molecule has 37 radical (unpaired) electrons. The highest BCUT2D eigenvalue weighted by molar-refractivity contribution is 8.15. The Kier molecular flexibility index (Phi) is 48.4. The van der Waals surface area contributed by atoms with Crippen LogP contribution >= 0.6 is 0 Å². The predicted molar refractivity (Wildman–Crippen MR) is 460 cm³/mol. The number of aromatic nitrogens is 4. The standard InChI is InChI=1S/2C18H10N2.C3H8.6C2H6.CH3B24.CH3B11/c2*1-2-10-15-14(9-1)19-17-12-7-3-5-11-6-4-8-13(16(11)12)18(17)20-15;1-3-2;6*1-2;1-19(23(16-8)20(11-3)12-4)25(22(15-7)18-10-2)24(17-9)21(13-5)14-6;1-8(9(2)3)12(10(4)5)11(6)7/h2*1-10H;3H2,1-2H3;6*1-2H3;1H3;1H3. The first-order valence-corrected chi connectivity index (χ1v) is 33.0. The van der Waals surface area contributed by atoms with Crippen LogP contribution in [-0.2, 0) is 0 Å². The summed E-state index contributed by atoms with van der Waals surface area (Å²) in [7, 11) is 93.2. The van der Waals surface area contributed by atoms with Crippen LogP contribution in [0.4, 0.5) is 0 Å². The van der Waals surface area contributed by atoms with Crippen molar-refractivity contribution in [3.63, 3.8) is 0 Å². The van der Waals surface area contributed by atoms with Crippen molar-refractivity contribution in [2.45, 2.75) is 117 Å². The maximum absolute atomic E-state index is 5.94. The van der Waals surface area contributed by atoms with Gasteiger partial charge in [0, 0.05) is 282 Å². The maximum atomic E-state index is 5.94. The van der Waals surface area contributed by atoms with Crippen molar-refractivity contribution in [2.24, 2.45) is 0 Å². The number of benzene rings is 6. The zero-order valence-electron chi connectivity index (χ0n) is 58.3. The fourth-order valence-electron chi connectivity index (χ4n) is 10.9. The molecule has 2 aromatic heterocycles. The molecule has 0 fully saturated rings. The minimum Gasteiger partial charge on any atom is -0.244 e. The van der Waals surface area contributed by atoms with Gasteiger partial charge in [-0.15, -0.1) is 13.6 Å². The van der Waals surface area contributed by atoms with Gasteiger partial charge in [-0.3, -0.25) is 0 Å². The van der Waals surface area contributed by atoms with Gasteiger partial charge in [-0.05, 0) is 35.0 Å². The highest BCUT2D eigenvalue weighted by Gasteiger charge is 2.44. The number of nitrogens with zero attached hydrogens (tertiary/aromatic N) is 4. The molecule has 6 aromatic carbocycles. The summed E-state index contributed by atoms with van der Waals surface area (Å²) in [6.45, 7) is 32.0. The molecule has 0 saturated carbocycles. The van der Waals surface area contributed by atoms with Crippen molar-refractivity contribution in [1.29, 1.82) is 0 Å². The van der Waals surface area contributed by atoms with Gasteiger partial charge in [0.25, 0.3) is 0 Å². The lowest BCUT2D eigenvalue weighted by atomic mass is 8.42. The molecular weight excluding hydrogens is 1070 g/mol. The molecule has 39 heteroatoms. The summed E-state index contributed by atoms with van der Waals surface area (Å²) in [6.07, 6.45) is -1.72. The van der Waals surface area contributed by atoms with Crippen LogP contribution in [0.15, 0.2) is 121 Å². The van der Waals surface area contributed by atoms with E-state index in [1.807, 2.05) is 152 Å². The minimum atomic E-state index is -0.588. The largest absolute Gasteiger partial charge is 0.244 e. The van der Waals surface area contributed by atoms with Crippen LogP contribution in [0.25, 0.3) is 88.6 Å². The van der Waals surface area contributed by atoms with Gasteiger partial charge in [-0.25, -0.2) is 19.9 Å². The lowest BCUT2D eigenvalue weighted by Crippen LogP contribution is -2.78. The van der Waals surface area contributed by atoms with Crippen molar-refractivity contribution in [3.05, 3.63) is 121 Å². The minimum absolute atomic E-state index is 0.0113. The molecule has 0 amide bonds. The van der Waals surface area contributed by atoms with E-state index in [1.165, 1.54) is 85.5 Å². The summed E-state index contributed by atoms with van der Waals surface area (Å²) < 4.78 is 0. The molecule has 407 valence electrons. The Morgan fingerprint density at radius 3 is 0.815 bits per heavy atom. The van der Waals surface area contributed by atoms with Crippen molar-refractivity contribution >= 4 is 292 Å². The van der Waals surface area contributed by atoms with Crippen molar-refractivity contribution in [1.82, 2.24) is 19.9 Å². The zero-order valence-corrected chi connectivity index (χ0v) is 58.3. The maximum Gasteiger partial charge on any atom is 0.0979 e. The average Bonchev–Trinajstić information content (AvgIpc) is 1.59. The molecule has 0 bridgehead atoms. The van der Waals surface area contributed by atoms with E-state index in [0.717, 1.165) is 44.8 Å². The second kappa shape index (κ2) is 50.2. The van der Waals surface area contributed by atoms with Gasteiger partial charge < -0.3 is 0 Å². The van der Waals surface area contributed by atoms with E-state index in [0.29, 0.717) is 0 Å². The van der Waals surface area contributed by atoms with Crippen molar-refractivity contribution in [2.75, 3.05) is 0 Å². The Labute approximate surface area is 591 Å². The topological polar surface area (TPSA) is 51.6 Å². The Morgan fingerprint density at radius 2 is 0.598 bits per heavy atom. The predicted octanol–water partition coefficient (Wildman–Crippen LogP) is 4.27. The van der Waals surface area contributed by atoms with Crippen LogP contribution < -0.4 is 0 Å². The van der Waals surface area contributed by atoms with Crippen LogP contribution in [0.5, 0.6) is 0 Å². The number of hydrogen-bond acceptors (Lipinski definition) is 4. The van der Waals surface area contributed by atoms with Crippen molar-refractivity contribution in [3.8, 4) is 45.0 Å². The van der Waals surface area contributed by atoms with E-state index in [-0.39, 0.29) is 57.7 Å². The Morgan fingerprint density at radius 1 is 0.326 bits per heavy atom. The second-order valence-electron chi connectivity index (χ2n) is 20.2. The van der Waals surface area contributed by atoms with Gasteiger partial charge >= 0.3 is 0 Å². The van der Waals surface area contributed by atoms with Gasteiger partial charge in [0.2, 0.25) is 0 Å². The Bertz CT molecular complexity index is 2910. The summed E-state index contributed by atoms with van der Waals surface area (Å²) in [5.41, 5.74) is 12.7. The van der Waals surface area contributed by atoms with E-state index in [2.05, 4.69) is 86.6 Å². The molecule has 0 N–H and O–H groups in total. The fourth-order valence-corrected chi connectivity index (χ4v) is 10.9. The molecule has 8 aromatic rings. The van der Waals surface area contributed by atoms with E-state index in [9.17, 15) is 0 Å². The van der Waals surface area contributed by atoms with Gasteiger partial charge in [-0.1, -0.05) is 200 Å². The lowest BCUT2D eigenvalue weighted by Gasteiger charge is -2.40. The summed E-state index contributed by atoms with van der Waals surface area (Å²) in [6, 6.07) is 41.6. The summed E-state index contributed by atoms with van der Waals surface area (Å²) in [5, 5.41) is 5.06. The number of para-hydroxylation sites is 4. The lowest BCUT2D eigenvalue weighted by molar-refractivity contribution is 1.09. The van der Waals surface area contributed by atoms with Gasteiger partial charge in [0.15, 0.2) is 0 Å². The first-order chi connectivity index (χ1) is 44.6.